The number of hydrogen-bond acceptors (Lipinski definition) is 6. The lowest BCUT2D eigenvalue weighted by Gasteiger charge is -2.24. The SMILES string of the molecule is Cc1cc2c(cc1N(C(=O)Cl)c1cc3c(cn1)n(C)c(=O)n3C1CCOCC1)OCO2. The third-order valence-corrected chi connectivity index (χ3v) is 6.02. The second-order valence-electron chi connectivity index (χ2n) is 7.67. The highest BCUT2D eigenvalue weighted by Crippen LogP contribution is 2.40. The first-order valence-corrected chi connectivity index (χ1v) is 10.4. The highest BCUT2D eigenvalue weighted by molar-refractivity contribution is 6.66. The van der Waals surface area contributed by atoms with E-state index in [0.717, 1.165) is 18.4 Å². The summed E-state index contributed by atoms with van der Waals surface area (Å²) >= 11 is 6.00. The Morgan fingerprint density at radius 2 is 1.87 bits per heavy atom. The number of nitrogens with zero attached hydrogens (tertiary/aromatic N) is 4. The fourth-order valence-corrected chi connectivity index (χ4v) is 4.42. The second kappa shape index (κ2) is 7.58. The predicted molar refractivity (Wildman–Crippen MR) is 115 cm³/mol. The van der Waals surface area contributed by atoms with Gasteiger partial charge in [0, 0.05) is 38.4 Å². The van der Waals surface area contributed by atoms with Crippen LogP contribution in [0.5, 0.6) is 11.5 Å². The average molecular weight is 445 g/mol. The molecule has 2 aliphatic rings. The topological polar surface area (TPSA) is 87.8 Å². The summed E-state index contributed by atoms with van der Waals surface area (Å²) < 4.78 is 19.7. The van der Waals surface area contributed by atoms with Gasteiger partial charge in [-0.1, -0.05) is 0 Å². The molecule has 3 aromatic rings. The molecule has 9 nitrogen and oxygen atoms in total. The molecular weight excluding hydrogens is 424 g/mol. The van der Waals surface area contributed by atoms with Crippen molar-refractivity contribution in [2.75, 3.05) is 24.9 Å². The molecule has 31 heavy (non-hydrogen) atoms. The fourth-order valence-electron chi connectivity index (χ4n) is 4.25. The van der Waals surface area contributed by atoms with E-state index in [1.165, 1.54) is 4.90 Å². The zero-order chi connectivity index (χ0) is 21.7. The van der Waals surface area contributed by atoms with Gasteiger partial charge < -0.3 is 14.2 Å². The summed E-state index contributed by atoms with van der Waals surface area (Å²) in [4.78, 5) is 31.2. The van der Waals surface area contributed by atoms with Gasteiger partial charge in [-0.05, 0) is 43.0 Å². The number of aryl methyl sites for hydroxylation is 2. The Labute approximate surface area is 182 Å². The molecule has 1 fully saturated rings. The van der Waals surface area contributed by atoms with Crippen LogP contribution in [0.3, 0.4) is 0 Å². The first-order valence-electron chi connectivity index (χ1n) is 10.00. The van der Waals surface area contributed by atoms with Gasteiger partial charge in [0.15, 0.2) is 11.5 Å². The Balaban J connectivity index is 1.66. The lowest BCUT2D eigenvalue weighted by atomic mass is 10.1. The molecule has 0 radical (unpaired) electrons. The third-order valence-electron chi connectivity index (χ3n) is 5.85. The predicted octanol–water partition coefficient (Wildman–Crippen LogP) is 3.62. The Kier molecular flexibility index (Phi) is 4.86. The molecule has 10 heteroatoms. The number of amides is 1. The maximum absolute atomic E-state index is 13.0. The van der Waals surface area contributed by atoms with Crippen molar-refractivity contribution in [3.05, 3.63) is 40.4 Å². The number of rotatable bonds is 3. The zero-order valence-electron chi connectivity index (χ0n) is 17.1. The number of hydrogen-bond donors (Lipinski definition) is 0. The molecule has 1 amide bonds. The molecule has 2 aliphatic heterocycles. The summed E-state index contributed by atoms with van der Waals surface area (Å²) in [5.41, 5.74) is 2.57. The highest BCUT2D eigenvalue weighted by Gasteiger charge is 2.27. The van der Waals surface area contributed by atoms with E-state index in [-0.39, 0.29) is 18.5 Å². The van der Waals surface area contributed by atoms with E-state index in [1.54, 1.807) is 40.6 Å². The molecule has 5 rings (SSSR count). The Bertz CT molecular complexity index is 1240. The van der Waals surface area contributed by atoms with E-state index in [1.807, 2.05) is 6.92 Å². The van der Waals surface area contributed by atoms with Crippen LogP contribution < -0.4 is 20.1 Å². The molecule has 4 heterocycles. The molecule has 162 valence electrons. The summed E-state index contributed by atoms with van der Waals surface area (Å²) in [6.07, 6.45) is 3.09. The maximum Gasteiger partial charge on any atom is 0.329 e. The largest absolute Gasteiger partial charge is 0.454 e. The number of ether oxygens (including phenoxy) is 3. The Morgan fingerprint density at radius 1 is 1.16 bits per heavy atom. The monoisotopic (exact) mass is 444 g/mol. The van der Waals surface area contributed by atoms with Gasteiger partial charge in [0.25, 0.3) is 0 Å². The van der Waals surface area contributed by atoms with Gasteiger partial charge in [0.2, 0.25) is 6.79 Å². The molecule has 2 aromatic heterocycles. The lowest BCUT2D eigenvalue weighted by Crippen LogP contribution is -2.29. The van der Waals surface area contributed by atoms with Crippen molar-refractivity contribution in [1.29, 1.82) is 0 Å². The third kappa shape index (κ3) is 3.24. The van der Waals surface area contributed by atoms with Crippen molar-refractivity contribution in [2.45, 2.75) is 25.8 Å². The summed E-state index contributed by atoms with van der Waals surface area (Å²) in [6.45, 7) is 3.18. The van der Waals surface area contributed by atoms with Crippen molar-refractivity contribution in [3.63, 3.8) is 0 Å². The molecule has 0 aliphatic carbocycles. The van der Waals surface area contributed by atoms with E-state index in [0.29, 0.717) is 47.3 Å². The zero-order valence-corrected chi connectivity index (χ0v) is 17.9. The molecule has 0 unspecified atom stereocenters. The van der Waals surface area contributed by atoms with Crippen molar-refractivity contribution < 1.29 is 19.0 Å². The molecule has 1 aromatic carbocycles. The number of carbonyl (C=O) groups excluding carboxylic acids is 1. The minimum Gasteiger partial charge on any atom is -0.454 e. The van der Waals surface area contributed by atoms with Crippen molar-refractivity contribution in [1.82, 2.24) is 14.1 Å². The Morgan fingerprint density at radius 3 is 2.58 bits per heavy atom. The first-order chi connectivity index (χ1) is 15.0. The minimum absolute atomic E-state index is 0.0210. The molecule has 0 bridgehead atoms. The van der Waals surface area contributed by atoms with Crippen molar-refractivity contribution >= 4 is 39.5 Å². The molecule has 0 N–H and O–H groups in total. The lowest BCUT2D eigenvalue weighted by molar-refractivity contribution is 0.0696. The van der Waals surface area contributed by atoms with Crippen LogP contribution in [0.25, 0.3) is 11.0 Å². The summed E-state index contributed by atoms with van der Waals surface area (Å²) in [5.74, 6) is 1.47. The van der Waals surface area contributed by atoms with Crippen LogP contribution in [0.1, 0.15) is 24.4 Å². The first kappa shape index (κ1) is 19.9. The molecular formula is C21H21ClN4O5. The molecule has 1 saturated heterocycles. The van der Waals surface area contributed by atoms with Gasteiger partial charge in [-0.2, -0.15) is 0 Å². The quantitative estimate of drug-likeness (QED) is 0.453. The van der Waals surface area contributed by atoms with Crippen molar-refractivity contribution in [2.24, 2.45) is 7.05 Å². The normalized spacial score (nSPS) is 16.1. The van der Waals surface area contributed by atoms with E-state index >= 15 is 0 Å². The summed E-state index contributed by atoms with van der Waals surface area (Å²) in [7, 11) is 1.72. The van der Waals surface area contributed by atoms with E-state index in [9.17, 15) is 9.59 Å². The minimum atomic E-state index is -0.718. The number of carbonyl (C=O) groups is 1. The average Bonchev–Trinajstić information content (AvgIpc) is 3.30. The van der Waals surface area contributed by atoms with Gasteiger partial charge in [0.05, 0.1) is 22.9 Å². The van der Waals surface area contributed by atoms with Crippen LogP contribution in [-0.4, -0.2) is 39.5 Å². The number of pyridine rings is 1. The maximum atomic E-state index is 13.0. The summed E-state index contributed by atoms with van der Waals surface area (Å²) in [6, 6.07) is 5.26. The van der Waals surface area contributed by atoms with Crippen LogP contribution in [0.15, 0.2) is 29.2 Å². The van der Waals surface area contributed by atoms with Gasteiger partial charge in [-0.25, -0.2) is 9.78 Å². The van der Waals surface area contributed by atoms with Gasteiger partial charge in [-0.3, -0.25) is 18.8 Å². The second-order valence-corrected chi connectivity index (χ2v) is 7.99. The van der Waals surface area contributed by atoms with E-state index in [4.69, 9.17) is 25.8 Å². The number of imidazole rings is 1. The number of aromatic nitrogens is 3. The van der Waals surface area contributed by atoms with Crippen molar-refractivity contribution in [3.8, 4) is 11.5 Å². The van der Waals surface area contributed by atoms with E-state index < -0.39 is 5.37 Å². The fraction of sp³-hybridized carbons (Fsp3) is 0.381. The number of anilines is 2. The smallest absolute Gasteiger partial charge is 0.329 e. The van der Waals surface area contributed by atoms with Crippen LogP contribution in [-0.2, 0) is 11.8 Å². The number of halogens is 1. The van der Waals surface area contributed by atoms with Crippen LogP contribution in [0.4, 0.5) is 16.3 Å². The van der Waals surface area contributed by atoms with Gasteiger partial charge >= 0.3 is 11.1 Å². The van der Waals surface area contributed by atoms with Crippen LogP contribution >= 0.6 is 11.6 Å². The standard InChI is InChI=1S/C21H21ClN4O5/c1-12-7-17-18(31-11-30-17)8-14(12)26(20(22)27)19-9-15-16(10-23-19)24(2)21(28)25(15)13-3-5-29-6-4-13/h7-10,13H,3-6,11H2,1-2H3. The van der Waals surface area contributed by atoms with Crippen LogP contribution in [0, 0.1) is 6.92 Å². The molecule has 0 atom stereocenters. The van der Waals surface area contributed by atoms with Gasteiger partial charge in [-0.15, -0.1) is 0 Å². The van der Waals surface area contributed by atoms with E-state index in [2.05, 4.69) is 4.98 Å². The highest BCUT2D eigenvalue weighted by atomic mass is 35.5. The van der Waals surface area contributed by atoms with Gasteiger partial charge in [0.1, 0.15) is 5.82 Å². The number of benzene rings is 1. The Hall–Kier alpha value is -3.04. The number of fused-ring (bicyclic) bond motifs is 2. The molecule has 0 spiro atoms. The summed E-state index contributed by atoms with van der Waals surface area (Å²) in [5, 5.41) is -0.718. The van der Waals surface area contributed by atoms with Crippen LogP contribution in [0.2, 0.25) is 0 Å². The molecule has 0 saturated carbocycles.